The fourth-order valence-electron chi connectivity index (χ4n) is 1.32. The minimum absolute atomic E-state index is 0.533. The predicted octanol–water partition coefficient (Wildman–Crippen LogP) is 1.47. The maximum absolute atomic E-state index is 5.80. The topological polar surface area (TPSA) is 64.4 Å². The first-order valence-corrected chi connectivity index (χ1v) is 5.25. The lowest BCUT2D eigenvalue weighted by Gasteiger charge is -2.06. The van der Waals surface area contributed by atoms with Crippen molar-refractivity contribution in [2.75, 3.05) is 13.1 Å². The Hall–Kier alpha value is -1.35. The molecule has 0 heterocycles. The molecule has 0 unspecified atom stereocenters. The standard InChI is InChI=1S/C12H19N3/c1-9(2)10-3-5-11(6-4-10)12(14)15-8-7-13/h3-6,9H,7-8,13H2,1-2H3,(H2,14,15). The van der Waals surface area contributed by atoms with Crippen molar-refractivity contribution in [2.24, 2.45) is 16.5 Å². The summed E-state index contributed by atoms with van der Waals surface area (Å²) in [6.45, 7) is 5.45. The fraction of sp³-hybridized carbons (Fsp3) is 0.417. The molecular weight excluding hydrogens is 186 g/mol. The van der Waals surface area contributed by atoms with E-state index in [0.717, 1.165) is 5.56 Å². The summed E-state index contributed by atoms with van der Waals surface area (Å²) < 4.78 is 0. The molecule has 0 bridgehead atoms. The zero-order valence-electron chi connectivity index (χ0n) is 9.40. The average molecular weight is 205 g/mol. The van der Waals surface area contributed by atoms with Crippen molar-refractivity contribution in [3.8, 4) is 0 Å². The van der Waals surface area contributed by atoms with Crippen LogP contribution < -0.4 is 11.5 Å². The quantitative estimate of drug-likeness (QED) is 0.577. The number of benzene rings is 1. The van der Waals surface area contributed by atoms with Gasteiger partial charge in [0.1, 0.15) is 5.84 Å². The van der Waals surface area contributed by atoms with Gasteiger partial charge in [-0.05, 0) is 11.5 Å². The third kappa shape index (κ3) is 3.36. The average Bonchev–Trinajstić information content (AvgIpc) is 2.26. The Morgan fingerprint density at radius 1 is 1.27 bits per heavy atom. The fourth-order valence-corrected chi connectivity index (χ4v) is 1.32. The normalized spacial score (nSPS) is 12.1. The summed E-state index contributed by atoms with van der Waals surface area (Å²) in [5, 5.41) is 0. The number of nitrogens with zero attached hydrogens (tertiary/aromatic N) is 1. The van der Waals surface area contributed by atoms with Crippen LogP contribution in [0.3, 0.4) is 0 Å². The number of hydrogen-bond donors (Lipinski definition) is 2. The van der Waals surface area contributed by atoms with Crippen LogP contribution in [0.15, 0.2) is 29.3 Å². The van der Waals surface area contributed by atoms with Crippen LogP contribution in [0.1, 0.15) is 30.9 Å². The van der Waals surface area contributed by atoms with Crippen molar-refractivity contribution in [1.29, 1.82) is 0 Å². The Bertz CT molecular complexity index is 325. The van der Waals surface area contributed by atoms with Gasteiger partial charge in [-0.15, -0.1) is 0 Å². The van der Waals surface area contributed by atoms with Crippen molar-refractivity contribution >= 4 is 5.84 Å². The summed E-state index contributed by atoms with van der Waals surface area (Å²) in [5.74, 6) is 1.11. The van der Waals surface area contributed by atoms with Gasteiger partial charge in [0.15, 0.2) is 0 Å². The van der Waals surface area contributed by atoms with E-state index in [1.807, 2.05) is 12.1 Å². The largest absolute Gasteiger partial charge is 0.384 e. The van der Waals surface area contributed by atoms with Crippen LogP contribution in [0.5, 0.6) is 0 Å². The maximum atomic E-state index is 5.80. The third-order valence-corrected chi connectivity index (χ3v) is 2.28. The van der Waals surface area contributed by atoms with Gasteiger partial charge in [-0.25, -0.2) is 0 Å². The van der Waals surface area contributed by atoms with Crippen LogP contribution in [0.2, 0.25) is 0 Å². The molecule has 3 nitrogen and oxygen atoms in total. The number of amidine groups is 1. The Balaban J connectivity index is 2.79. The van der Waals surface area contributed by atoms with E-state index in [2.05, 4.69) is 31.0 Å². The van der Waals surface area contributed by atoms with E-state index in [4.69, 9.17) is 11.5 Å². The molecule has 0 aromatic heterocycles. The minimum Gasteiger partial charge on any atom is -0.384 e. The van der Waals surface area contributed by atoms with E-state index < -0.39 is 0 Å². The molecule has 3 heteroatoms. The third-order valence-electron chi connectivity index (χ3n) is 2.28. The molecule has 0 aliphatic heterocycles. The lowest BCUT2D eigenvalue weighted by atomic mass is 10.0. The first-order valence-electron chi connectivity index (χ1n) is 5.25. The van der Waals surface area contributed by atoms with Gasteiger partial charge in [-0.2, -0.15) is 0 Å². The number of aliphatic imine (C=N–C) groups is 1. The van der Waals surface area contributed by atoms with Crippen molar-refractivity contribution in [3.63, 3.8) is 0 Å². The monoisotopic (exact) mass is 205 g/mol. The van der Waals surface area contributed by atoms with Crippen LogP contribution in [0.25, 0.3) is 0 Å². The highest BCUT2D eigenvalue weighted by molar-refractivity contribution is 5.97. The zero-order valence-corrected chi connectivity index (χ0v) is 9.40. The van der Waals surface area contributed by atoms with E-state index in [1.54, 1.807) is 0 Å². The molecule has 0 fully saturated rings. The van der Waals surface area contributed by atoms with E-state index >= 15 is 0 Å². The second-order valence-corrected chi connectivity index (χ2v) is 3.83. The first kappa shape index (κ1) is 11.7. The maximum Gasteiger partial charge on any atom is 0.125 e. The Morgan fingerprint density at radius 2 is 1.87 bits per heavy atom. The second kappa shape index (κ2) is 5.51. The summed E-state index contributed by atoms with van der Waals surface area (Å²) in [6, 6.07) is 8.19. The molecule has 0 aliphatic rings. The van der Waals surface area contributed by atoms with Crippen LogP contribution >= 0.6 is 0 Å². The molecule has 0 aliphatic carbocycles. The summed E-state index contributed by atoms with van der Waals surface area (Å²) in [4.78, 5) is 4.16. The molecule has 15 heavy (non-hydrogen) atoms. The van der Waals surface area contributed by atoms with Crippen LogP contribution in [-0.2, 0) is 0 Å². The molecule has 0 saturated carbocycles. The Labute approximate surface area is 91.2 Å². The van der Waals surface area contributed by atoms with Gasteiger partial charge in [0.05, 0.1) is 6.54 Å². The highest BCUT2D eigenvalue weighted by Gasteiger charge is 2.00. The molecule has 0 radical (unpaired) electrons. The van der Waals surface area contributed by atoms with Gasteiger partial charge >= 0.3 is 0 Å². The summed E-state index contributed by atoms with van der Waals surface area (Å²) in [5.41, 5.74) is 13.4. The van der Waals surface area contributed by atoms with Gasteiger partial charge in [0.2, 0.25) is 0 Å². The molecule has 1 aromatic carbocycles. The smallest absolute Gasteiger partial charge is 0.125 e. The van der Waals surface area contributed by atoms with E-state index in [1.165, 1.54) is 5.56 Å². The van der Waals surface area contributed by atoms with Gasteiger partial charge in [0.25, 0.3) is 0 Å². The first-order chi connectivity index (χ1) is 7.15. The summed E-state index contributed by atoms with van der Waals surface area (Å²) >= 11 is 0. The Morgan fingerprint density at radius 3 is 2.33 bits per heavy atom. The van der Waals surface area contributed by atoms with Crippen LogP contribution in [0, 0.1) is 0 Å². The van der Waals surface area contributed by atoms with Crippen molar-refractivity contribution in [2.45, 2.75) is 19.8 Å². The van der Waals surface area contributed by atoms with Gasteiger partial charge in [-0.3, -0.25) is 4.99 Å². The van der Waals surface area contributed by atoms with E-state index in [9.17, 15) is 0 Å². The van der Waals surface area contributed by atoms with Crippen molar-refractivity contribution < 1.29 is 0 Å². The van der Waals surface area contributed by atoms with Gasteiger partial charge in [-0.1, -0.05) is 38.1 Å². The second-order valence-electron chi connectivity index (χ2n) is 3.83. The lowest BCUT2D eigenvalue weighted by molar-refractivity contribution is 0.866. The number of rotatable bonds is 4. The van der Waals surface area contributed by atoms with Gasteiger partial charge < -0.3 is 11.5 Å². The van der Waals surface area contributed by atoms with Crippen molar-refractivity contribution in [3.05, 3.63) is 35.4 Å². The number of nitrogens with two attached hydrogens (primary N) is 2. The minimum atomic E-state index is 0.533. The SMILES string of the molecule is CC(C)c1ccc(C(N)=NCCN)cc1. The molecule has 0 spiro atoms. The molecule has 0 saturated heterocycles. The molecular formula is C12H19N3. The molecule has 82 valence electrons. The van der Waals surface area contributed by atoms with E-state index in [-0.39, 0.29) is 0 Å². The van der Waals surface area contributed by atoms with Crippen LogP contribution in [0.4, 0.5) is 0 Å². The molecule has 0 amide bonds. The highest BCUT2D eigenvalue weighted by atomic mass is 14.9. The molecule has 4 N–H and O–H groups in total. The van der Waals surface area contributed by atoms with E-state index in [0.29, 0.717) is 24.8 Å². The predicted molar refractivity (Wildman–Crippen MR) is 65.2 cm³/mol. The number of hydrogen-bond acceptors (Lipinski definition) is 2. The molecule has 1 rings (SSSR count). The zero-order chi connectivity index (χ0) is 11.3. The summed E-state index contributed by atoms with van der Waals surface area (Å²) in [6.07, 6.45) is 0. The van der Waals surface area contributed by atoms with Crippen LogP contribution in [-0.4, -0.2) is 18.9 Å². The van der Waals surface area contributed by atoms with Gasteiger partial charge in [0, 0.05) is 12.1 Å². The molecule has 1 aromatic rings. The van der Waals surface area contributed by atoms with Crippen molar-refractivity contribution in [1.82, 2.24) is 0 Å². The lowest BCUT2D eigenvalue weighted by Crippen LogP contribution is -2.16. The molecule has 0 atom stereocenters. The summed E-state index contributed by atoms with van der Waals surface area (Å²) in [7, 11) is 0. The Kier molecular flexibility index (Phi) is 4.31. The highest BCUT2D eigenvalue weighted by Crippen LogP contribution is 2.14.